The van der Waals surface area contributed by atoms with E-state index in [2.05, 4.69) is 18.3 Å². The number of fused-ring (bicyclic) bond motifs is 1. The Hall–Kier alpha value is -2.44. The van der Waals surface area contributed by atoms with Crippen LogP contribution in [-0.4, -0.2) is 36.9 Å². The van der Waals surface area contributed by atoms with Gasteiger partial charge < -0.3 is 25.6 Å². The third-order valence-corrected chi connectivity index (χ3v) is 6.47. The predicted molar refractivity (Wildman–Crippen MR) is 143 cm³/mol. The van der Waals surface area contributed by atoms with Gasteiger partial charge >= 0.3 is 0 Å². The average Bonchev–Trinajstić information content (AvgIpc) is 3.05. The number of ether oxygens (including phenoxy) is 2. The number of benzene rings is 2. The van der Waals surface area contributed by atoms with Gasteiger partial charge in [0.2, 0.25) is 0 Å². The Labute approximate surface area is 216 Å². The van der Waals surface area contributed by atoms with Crippen LogP contribution in [0.3, 0.4) is 0 Å². The number of hydrogen-bond donors (Lipinski definition) is 3. The van der Waals surface area contributed by atoms with Crippen LogP contribution in [0, 0.1) is 5.92 Å². The van der Waals surface area contributed by atoms with Gasteiger partial charge in [0.05, 0.1) is 11.8 Å². The van der Waals surface area contributed by atoms with Gasteiger partial charge in [0.1, 0.15) is 18.1 Å². The molecule has 0 aliphatic heterocycles. The molecule has 1 aliphatic rings. The number of anilines is 1. The summed E-state index contributed by atoms with van der Waals surface area (Å²) in [5.41, 5.74) is 9.45. The predicted octanol–water partition coefficient (Wildman–Crippen LogP) is 5.09. The maximum atomic E-state index is 12.1. The second kappa shape index (κ2) is 15.5. The summed E-state index contributed by atoms with van der Waals surface area (Å²) in [5.74, 6) is 1.53. The van der Waals surface area contributed by atoms with Crippen molar-refractivity contribution >= 4 is 24.0 Å². The third-order valence-electron chi connectivity index (χ3n) is 6.47. The quantitative estimate of drug-likeness (QED) is 0.201. The normalized spacial score (nSPS) is 15.8. The van der Waals surface area contributed by atoms with Gasteiger partial charge in [-0.1, -0.05) is 50.5 Å². The summed E-state index contributed by atoms with van der Waals surface area (Å²) in [6.07, 6.45) is 8.47. The number of carbonyl (C=O) groups is 1. The van der Waals surface area contributed by atoms with Crippen LogP contribution in [-0.2, 0) is 17.6 Å². The van der Waals surface area contributed by atoms with E-state index >= 15 is 0 Å². The van der Waals surface area contributed by atoms with E-state index < -0.39 is 6.10 Å². The summed E-state index contributed by atoms with van der Waals surface area (Å²) >= 11 is 0. The Morgan fingerprint density at radius 2 is 1.94 bits per heavy atom. The highest BCUT2D eigenvalue weighted by atomic mass is 35.5. The highest BCUT2D eigenvalue weighted by molar-refractivity contribution is 5.85. The van der Waals surface area contributed by atoms with E-state index in [0.29, 0.717) is 30.3 Å². The molecule has 2 aromatic rings. The first-order valence-corrected chi connectivity index (χ1v) is 12.7. The maximum Gasteiger partial charge on any atom is 0.257 e. The molecule has 0 radical (unpaired) electrons. The van der Waals surface area contributed by atoms with Gasteiger partial charge in [-0.15, -0.1) is 12.4 Å². The van der Waals surface area contributed by atoms with Crippen molar-refractivity contribution in [2.75, 3.05) is 25.5 Å². The number of nitrogen functional groups attached to an aromatic ring is 1. The summed E-state index contributed by atoms with van der Waals surface area (Å²) in [6.45, 7) is 3.09. The van der Waals surface area contributed by atoms with Crippen LogP contribution in [0.1, 0.15) is 63.0 Å². The minimum absolute atomic E-state index is 0. The molecule has 1 aliphatic carbocycles. The Morgan fingerprint density at radius 1 is 1.14 bits per heavy atom. The maximum absolute atomic E-state index is 12.1. The summed E-state index contributed by atoms with van der Waals surface area (Å²) in [4.78, 5) is 12.1. The number of rotatable bonds is 13. The van der Waals surface area contributed by atoms with E-state index in [0.717, 1.165) is 49.8 Å². The van der Waals surface area contributed by atoms with Crippen molar-refractivity contribution in [3.8, 4) is 11.5 Å². The van der Waals surface area contributed by atoms with Crippen LogP contribution in [0.4, 0.5) is 5.69 Å². The lowest BCUT2D eigenvalue weighted by Gasteiger charge is -2.21. The van der Waals surface area contributed by atoms with Gasteiger partial charge in [0, 0.05) is 6.54 Å². The van der Waals surface area contributed by atoms with Crippen LogP contribution in [0.25, 0.3) is 0 Å². The average molecular weight is 505 g/mol. The molecule has 0 bridgehead atoms. The van der Waals surface area contributed by atoms with E-state index in [1.807, 2.05) is 36.4 Å². The van der Waals surface area contributed by atoms with Gasteiger partial charge in [0.15, 0.2) is 6.61 Å². The fourth-order valence-corrected chi connectivity index (χ4v) is 4.60. The first kappa shape index (κ1) is 28.8. The number of hydrogen-bond acceptors (Lipinski definition) is 5. The molecule has 0 aromatic heterocycles. The van der Waals surface area contributed by atoms with Crippen molar-refractivity contribution in [2.24, 2.45) is 5.92 Å². The molecule has 35 heavy (non-hydrogen) atoms. The van der Waals surface area contributed by atoms with Gasteiger partial charge in [-0.2, -0.15) is 0 Å². The number of aryl methyl sites for hydroxylation is 1. The Balaban J connectivity index is 0.00000432. The van der Waals surface area contributed by atoms with Crippen LogP contribution in [0.2, 0.25) is 0 Å². The van der Waals surface area contributed by atoms with Crippen LogP contribution < -0.4 is 20.5 Å². The SMILES string of the molecule is CCCCCCNC(=O)COc1ccc2c(c1N)CC(C[C@H](O)COc1ccccc1)CCC2.Cl. The monoisotopic (exact) mass is 504 g/mol. The molecule has 194 valence electrons. The van der Waals surface area contributed by atoms with E-state index in [1.165, 1.54) is 18.4 Å². The molecule has 0 fully saturated rings. The van der Waals surface area contributed by atoms with E-state index in [4.69, 9.17) is 15.2 Å². The van der Waals surface area contributed by atoms with E-state index in [1.54, 1.807) is 0 Å². The van der Waals surface area contributed by atoms with E-state index in [-0.39, 0.29) is 31.5 Å². The molecule has 0 saturated heterocycles. The zero-order valence-electron chi connectivity index (χ0n) is 20.8. The fourth-order valence-electron chi connectivity index (χ4n) is 4.60. The largest absolute Gasteiger partial charge is 0.491 e. The number of carbonyl (C=O) groups excluding carboxylic acids is 1. The molecular weight excluding hydrogens is 464 g/mol. The molecular formula is C28H41ClN2O4. The number of halogens is 1. The van der Waals surface area contributed by atoms with Crippen LogP contribution in [0.15, 0.2) is 42.5 Å². The molecule has 2 atom stereocenters. The fraction of sp³-hybridized carbons (Fsp3) is 0.536. The molecule has 2 aromatic carbocycles. The van der Waals surface area contributed by atoms with Crippen molar-refractivity contribution < 1.29 is 19.4 Å². The molecule has 1 unspecified atom stereocenters. The lowest BCUT2D eigenvalue weighted by atomic mass is 9.91. The molecule has 3 rings (SSSR count). The first-order valence-electron chi connectivity index (χ1n) is 12.7. The molecule has 0 saturated carbocycles. The van der Waals surface area contributed by atoms with Crippen molar-refractivity contribution in [3.05, 3.63) is 53.6 Å². The smallest absolute Gasteiger partial charge is 0.257 e. The molecule has 0 spiro atoms. The summed E-state index contributed by atoms with van der Waals surface area (Å²) in [5, 5.41) is 13.5. The summed E-state index contributed by atoms with van der Waals surface area (Å²) < 4.78 is 11.5. The van der Waals surface area contributed by atoms with Crippen molar-refractivity contribution in [1.29, 1.82) is 0 Å². The van der Waals surface area contributed by atoms with Crippen molar-refractivity contribution in [1.82, 2.24) is 5.32 Å². The topological polar surface area (TPSA) is 93.8 Å². The second-order valence-corrected chi connectivity index (χ2v) is 9.29. The minimum Gasteiger partial charge on any atom is -0.491 e. The minimum atomic E-state index is -0.534. The number of aliphatic hydroxyl groups is 1. The second-order valence-electron chi connectivity index (χ2n) is 9.29. The molecule has 1 amide bonds. The van der Waals surface area contributed by atoms with E-state index in [9.17, 15) is 9.90 Å². The molecule has 7 heteroatoms. The molecule has 0 heterocycles. The van der Waals surface area contributed by atoms with Crippen LogP contribution >= 0.6 is 12.4 Å². The molecule has 6 nitrogen and oxygen atoms in total. The Bertz CT molecular complexity index is 894. The summed E-state index contributed by atoms with van der Waals surface area (Å²) in [6, 6.07) is 13.5. The Kier molecular flexibility index (Phi) is 12.8. The number of aliphatic hydroxyl groups excluding tert-OH is 1. The van der Waals surface area contributed by atoms with Crippen LogP contribution in [0.5, 0.6) is 11.5 Å². The van der Waals surface area contributed by atoms with Gasteiger partial charge in [-0.3, -0.25) is 4.79 Å². The lowest BCUT2D eigenvalue weighted by molar-refractivity contribution is -0.123. The van der Waals surface area contributed by atoms with Gasteiger partial charge in [0.25, 0.3) is 5.91 Å². The standard InChI is InChI=1S/C28H40N2O4.ClH/c1-2-3-4-8-16-30-27(32)20-34-26-15-14-22-11-9-10-21(18-25(22)28(26)29)17-23(31)19-33-24-12-6-5-7-13-24;/h5-7,12-15,21,23,31H,2-4,8-11,16-20,29H2,1H3,(H,30,32);1H/t21?,23-;/m0./s1. The Morgan fingerprint density at radius 3 is 2.71 bits per heavy atom. The summed E-state index contributed by atoms with van der Waals surface area (Å²) in [7, 11) is 0. The number of para-hydroxylation sites is 1. The zero-order valence-corrected chi connectivity index (χ0v) is 21.7. The van der Waals surface area contributed by atoms with Gasteiger partial charge in [-0.05, 0) is 73.8 Å². The molecule has 4 N–H and O–H groups in total. The number of nitrogens with two attached hydrogens (primary N) is 1. The third kappa shape index (κ3) is 9.61. The van der Waals surface area contributed by atoms with Crippen molar-refractivity contribution in [2.45, 2.75) is 70.8 Å². The van der Waals surface area contributed by atoms with Crippen molar-refractivity contribution in [3.63, 3.8) is 0 Å². The number of unbranched alkanes of at least 4 members (excludes halogenated alkanes) is 3. The lowest BCUT2D eigenvalue weighted by Crippen LogP contribution is -2.29. The number of amides is 1. The highest BCUT2D eigenvalue weighted by Gasteiger charge is 2.23. The highest BCUT2D eigenvalue weighted by Crippen LogP contribution is 2.35. The van der Waals surface area contributed by atoms with Gasteiger partial charge in [-0.25, -0.2) is 0 Å². The first-order chi connectivity index (χ1) is 16.6. The zero-order chi connectivity index (χ0) is 24.2. The number of nitrogens with one attached hydrogen (secondary N) is 1.